The molecular weight excluding hydrogens is 466 g/mol. The molecule has 2 bridgehead atoms. The number of furan rings is 1. The summed E-state index contributed by atoms with van der Waals surface area (Å²) in [5.74, 6) is 0.856. The standard InChI is InChI=1S/C22H16BrN3O5/c23-10-1-3-14(17(7-10)26(29)30)18-6-2-11(31-18)9-24-25-21(27)19-12-4-5-13(16-8-15(12)16)20(19)22(25)28/h1-7,9,12-13,15-16,19-20H,8H2/b24-9-/t12-,13-,15-,16-,19+,20+/m1/s1. The first kappa shape index (κ1) is 18.7. The van der Waals surface area contributed by atoms with Gasteiger partial charge in [-0.05, 0) is 54.4 Å². The van der Waals surface area contributed by atoms with Crippen LogP contribution in [0.1, 0.15) is 12.2 Å². The van der Waals surface area contributed by atoms with E-state index in [1.807, 2.05) is 0 Å². The van der Waals surface area contributed by atoms with Crippen LogP contribution in [0.3, 0.4) is 0 Å². The van der Waals surface area contributed by atoms with E-state index < -0.39 is 4.92 Å². The molecule has 2 saturated carbocycles. The molecule has 156 valence electrons. The second kappa shape index (κ2) is 6.46. The maximum absolute atomic E-state index is 13.0. The van der Waals surface area contributed by atoms with E-state index in [1.54, 1.807) is 24.3 Å². The molecule has 8 nitrogen and oxygen atoms in total. The van der Waals surface area contributed by atoms with Gasteiger partial charge < -0.3 is 4.42 Å². The molecule has 2 amide bonds. The number of imide groups is 1. The number of hydrogen-bond acceptors (Lipinski definition) is 6. The summed E-state index contributed by atoms with van der Waals surface area (Å²) in [6, 6.07) is 7.89. The van der Waals surface area contributed by atoms with Gasteiger partial charge in [0.25, 0.3) is 17.5 Å². The average Bonchev–Trinajstić information content (AvgIpc) is 3.39. The van der Waals surface area contributed by atoms with Gasteiger partial charge >= 0.3 is 0 Å². The Bertz CT molecular complexity index is 1180. The van der Waals surface area contributed by atoms with E-state index in [1.165, 1.54) is 12.3 Å². The fourth-order valence-corrected chi connectivity index (χ4v) is 5.95. The maximum atomic E-state index is 13.0. The summed E-state index contributed by atoms with van der Waals surface area (Å²) in [5.41, 5.74) is 0.233. The highest BCUT2D eigenvalue weighted by atomic mass is 79.9. The summed E-state index contributed by atoms with van der Waals surface area (Å²) >= 11 is 3.23. The number of rotatable bonds is 4. The lowest BCUT2D eigenvalue weighted by Gasteiger charge is -2.37. The van der Waals surface area contributed by atoms with Crippen molar-refractivity contribution in [2.45, 2.75) is 6.42 Å². The van der Waals surface area contributed by atoms with Crippen LogP contribution in [0, 0.1) is 45.6 Å². The molecular formula is C22H16BrN3O5. The van der Waals surface area contributed by atoms with Crippen molar-refractivity contribution in [1.29, 1.82) is 0 Å². The first-order valence-corrected chi connectivity index (χ1v) is 10.9. The van der Waals surface area contributed by atoms with Crippen LogP contribution in [-0.2, 0) is 9.59 Å². The average molecular weight is 482 g/mol. The third kappa shape index (κ3) is 2.69. The first-order chi connectivity index (χ1) is 14.9. The highest BCUT2D eigenvalue weighted by Crippen LogP contribution is 2.65. The molecule has 1 aromatic heterocycles. The minimum absolute atomic E-state index is 0.0947. The number of allylic oxidation sites excluding steroid dienone is 2. The summed E-state index contributed by atoms with van der Waals surface area (Å²) < 4.78 is 6.29. The fraction of sp³-hybridized carbons (Fsp3) is 0.318. The van der Waals surface area contributed by atoms with Crippen LogP contribution in [0.4, 0.5) is 5.69 Å². The Morgan fingerprint density at radius 1 is 1.10 bits per heavy atom. The van der Waals surface area contributed by atoms with Gasteiger partial charge in [0.1, 0.15) is 11.5 Å². The molecule has 1 aliphatic heterocycles. The number of hydrogen-bond donors (Lipinski definition) is 0. The van der Waals surface area contributed by atoms with Crippen LogP contribution in [0.2, 0.25) is 0 Å². The number of halogens is 1. The number of carbonyl (C=O) groups is 2. The molecule has 1 aromatic carbocycles. The molecule has 31 heavy (non-hydrogen) atoms. The Hall–Kier alpha value is -3.07. The fourth-order valence-electron chi connectivity index (χ4n) is 5.60. The van der Waals surface area contributed by atoms with Crippen LogP contribution < -0.4 is 0 Å². The summed E-state index contributed by atoms with van der Waals surface area (Å²) in [6.07, 6.45) is 6.65. The van der Waals surface area contributed by atoms with Crippen molar-refractivity contribution in [2.75, 3.05) is 0 Å². The van der Waals surface area contributed by atoms with Crippen LogP contribution in [0.15, 0.2) is 56.5 Å². The molecule has 9 heteroatoms. The lowest BCUT2D eigenvalue weighted by atomic mass is 9.63. The number of amides is 2. The summed E-state index contributed by atoms with van der Waals surface area (Å²) in [5, 5.41) is 16.5. The molecule has 0 spiro atoms. The lowest BCUT2D eigenvalue weighted by molar-refractivity contribution is -0.384. The zero-order chi connectivity index (χ0) is 21.4. The molecule has 3 fully saturated rings. The summed E-state index contributed by atoms with van der Waals surface area (Å²) in [4.78, 5) is 36.8. The van der Waals surface area contributed by atoms with Gasteiger partial charge in [0.2, 0.25) is 0 Å². The number of carbonyl (C=O) groups excluding carboxylic acids is 2. The Kier molecular flexibility index (Phi) is 3.89. The predicted molar refractivity (Wildman–Crippen MR) is 113 cm³/mol. The van der Waals surface area contributed by atoms with E-state index in [4.69, 9.17) is 4.42 Å². The molecule has 5 aliphatic rings. The minimum atomic E-state index is -0.480. The van der Waals surface area contributed by atoms with E-state index in [-0.39, 0.29) is 41.2 Å². The van der Waals surface area contributed by atoms with Gasteiger partial charge in [-0.2, -0.15) is 10.1 Å². The lowest BCUT2D eigenvalue weighted by Crippen LogP contribution is -2.40. The van der Waals surface area contributed by atoms with Crippen molar-refractivity contribution >= 4 is 39.6 Å². The van der Waals surface area contributed by atoms with E-state index in [0.717, 1.165) is 11.4 Å². The number of benzene rings is 1. The molecule has 6 atom stereocenters. The van der Waals surface area contributed by atoms with Gasteiger partial charge in [-0.3, -0.25) is 19.7 Å². The molecule has 4 aliphatic carbocycles. The predicted octanol–water partition coefficient (Wildman–Crippen LogP) is 4.00. The Morgan fingerprint density at radius 3 is 2.42 bits per heavy atom. The minimum Gasteiger partial charge on any atom is -0.455 e. The molecule has 2 heterocycles. The SMILES string of the molecule is O=C1[C@H]2[C@@H]3C=C[C@H]([C@H]4C[C@H]34)[C@@H]2C(=O)N1/N=C\c1ccc(-c2ccc(Br)cc2[N+](=O)[O-])o1. The van der Waals surface area contributed by atoms with E-state index in [2.05, 4.69) is 33.2 Å². The number of hydrazone groups is 1. The Labute approximate surface area is 184 Å². The molecule has 7 rings (SSSR count). The largest absolute Gasteiger partial charge is 0.455 e. The number of nitro groups is 1. The molecule has 0 N–H and O–H groups in total. The van der Waals surface area contributed by atoms with Crippen molar-refractivity contribution in [3.8, 4) is 11.3 Å². The maximum Gasteiger partial charge on any atom is 0.281 e. The van der Waals surface area contributed by atoms with Gasteiger partial charge in [-0.1, -0.05) is 28.1 Å². The first-order valence-electron chi connectivity index (χ1n) is 10.1. The van der Waals surface area contributed by atoms with E-state index in [9.17, 15) is 19.7 Å². The summed E-state index contributed by atoms with van der Waals surface area (Å²) in [7, 11) is 0. The van der Waals surface area contributed by atoms with Crippen LogP contribution in [-0.4, -0.2) is 28.0 Å². The third-order valence-corrected chi connectivity index (χ3v) is 7.48. The zero-order valence-corrected chi connectivity index (χ0v) is 17.6. The van der Waals surface area contributed by atoms with Crippen molar-refractivity contribution in [1.82, 2.24) is 5.01 Å². The number of nitro benzene ring substituents is 1. The van der Waals surface area contributed by atoms with Gasteiger partial charge in [0, 0.05) is 10.5 Å². The monoisotopic (exact) mass is 481 g/mol. The highest BCUT2D eigenvalue weighted by molar-refractivity contribution is 9.10. The number of nitrogens with zero attached hydrogens (tertiary/aromatic N) is 3. The van der Waals surface area contributed by atoms with E-state index >= 15 is 0 Å². The molecule has 1 saturated heterocycles. The van der Waals surface area contributed by atoms with Gasteiger partial charge in [-0.25, -0.2) is 0 Å². The third-order valence-electron chi connectivity index (χ3n) is 6.99. The normalized spacial score (nSPS) is 32.6. The quantitative estimate of drug-likeness (QED) is 0.215. The molecule has 0 unspecified atom stereocenters. The van der Waals surface area contributed by atoms with Crippen molar-refractivity contribution < 1.29 is 18.9 Å². The van der Waals surface area contributed by atoms with Crippen LogP contribution in [0.5, 0.6) is 0 Å². The second-order valence-corrected chi connectivity index (χ2v) is 9.42. The van der Waals surface area contributed by atoms with Crippen molar-refractivity contribution in [2.24, 2.45) is 40.6 Å². The topological polar surface area (TPSA) is 106 Å². The highest BCUT2D eigenvalue weighted by Gasteiger charge is 2.67. The van der Waals surface area contributed by atoms with Gasteiger partial charge in [0.15, 0.2) is 0 Å². The van der Waals surface area contributed by atoms with Crippen LogP contribution >= 0.6 is 15.9 Å². The Morgan fingerprint density at radius 2 is 1.77 bits per heavy atom. The Balaban J connectivity index is 1.26. The zero-order valence-electron chi connectivity index (χ0n) is 16.1. The van der Waals surface area contributed by atoms with Crippen molar-refractivity contribution in [3.63, 3.8) is 0 Å². The van der Waals surface area contributed by atoms with Crippen molar-refractivity contribution in [3.05, 3.63) is 62.8 Å². The van der Waals surface area contributed by atoms with E-state index in [0.29, 0.717) is 33.4 Å². The van der Waals surface area contributed by atoms with Gasteiger partial charge in [-0.15, -0.1) is 0 Å². The van der Waals surface area contributed by atoms with Crippen LogP contribution in [0.25, 0.3) is 11.3 Å². The smallest absolute Gasteiger partial charge is 0.281 e. The molecule has 0 radical (unpaired) electrons. The summed E-state index contributed by atoms with van der Waals surface area (Å²) in [6.45, 7) is 0. The van der Waals surface area contributed by atoms with Gasteiger partial charge in [0.05, 0.1) is 28.5 Å². The second-order valence-electron chi connectivity index (χ2n) is 8.51. The molecule has 2 aromatic rings.